The highest BCUT2D eigenvalue weighted by Gasteiger charge is 2.14. The van der Waals surface area contributed by atoms with Crippen molar-refractivity contribution in [1.29, 1.82) is 0 Å². The summed E-state index contributed by atoms with van der Waals surface area (Å²) in [7, 11) is 1.32. The van der Waals surface area contributed by atoms with Crippen LogP contribution in [0.4, 0.5) is 0 Å². The van der Waals surface area contributed by atoms with E-state index in [4.69, 9.17) is 4.74 Å². The molecule has 0 atom stereocenters. The standard InChI is InChI=1S/C5H7N3OS2/c10-11-5-7-6-4-3-9-2-1-8(4)5/h10H,1-3H2. The lowest BCUT2D eigenvalue weighted by Gasteiger charge is -2.13. The SMILES string of the molecule is SSc1nnc2n1CCOC2. The molecule has 0 aromatic carbocycles. The van der Waals surface area contributed by atoms with Crippen molar-refractivity contribution < 1.29 is 4.74 Å². The van der Waals surface area contributed by atoms with Crippen molar-refractivity contribution in [3.8, 4) is 0 Å². The van der Waals surface area contributed by atoms with Crippen LogP contribution in [0.3, 0.4) is 0 Å². The van der Waals surface area contributed by atoms with Crippen LogP contribution in [-0.4, -0.2) is 21.4 Å². The van der Waals surface area contributed by atoms with Gasteiger partial charge in [-0.1, -0.05) is 0 Å². The zero-order chi connectivity index (χ0) is 7.68. The van der Waals surface area contributed by atoms with Crippen LogP contribution in [0.15, 0.2) is 5.16 Å². The molecular weight excluding hydrogens is 182 g/mol. The number of nitrogens with zero attached hydrogens (tertiary/aromatic N) is 3. The maximum atomic E-state index is 5.20. The highest BCUT2D eigenvalue weighted by molar-refractivity contribution is 8.68. The molecule has 0 saturated heterocycles. The Morgan fingerprint density at radius 1 is 1.55 bits per heavy atom. The highest BCUT2D eigenvalue weighted by Crippen LogP contribution is 2.21. The van der Waals surface area contributed by atoms with Gasteiger partial charge in [0.2, 0.25) is 5.16 Å². The van der Waals surface area contributed by atoms with Crippen LogP contribution in [0.5, 0.6) is 0 Å². The smallest absolute Gasteiger partial charge is 0.201 e. The van der Waals surface area contributed by atoms with E-state index >= 15 is 0 Å². The van der Waals surface area contributed by atoms with Crippen molar-refractivity contribution in [3.63, 3.8) is 0 Å². The van der Waals surface area contributed by atoms with Gasteiger partial charge >= 0.3 is 0 Å². The van der Waals surface area contributed by atoms with Crippen LogP contribution in [0, 0.1) is 0 Å². The largest absolute Gasteiger partial charge is 0.372 e. The molecule has 0 bridgehead atoms. The van der Waals surface area contributed by atoms with Crippen LogP contribution in [0.2, 0.25) is 0 Å². The lowest BCUT2D eigenvalue weighted by molar-refractivity contribution is 0.0789. The first kappa shape index (κ1) is 7.45. The number of ether oxygens (including phenoxy) is 1. The molecule has 1 aromatic heterocycles. The molecule has 0 aliphatic carbocycles. The summed E-state index contributed by atoms with van der Waals surface area (Å²) in [6, 6.07) is 0. The van der Waals surface area contributed by atoms with E-state index < -0.39 is 0 Å². The summed E-state index contributed by atoms with van der Waals surface area (Å²) in [4.78, 5) is 0. The first-order valence-corrected chi connectivity index (χ1v) is 5.10. The van der Waals surface area contributed by atoms with Gasteiger partial charge in [0.05, 0.1) is 6.61 Å². The summed E-state index contributed by atoms with van der Waals surface area (Å²) in [6.45, 7) is 2.15. The molecule has 0 unspecified atom stereocenters. The Balaban J connectivity index is 2.38. The van der Waals surface area contributed by atoms with E-state index in [9.17, 15) is 0 Å². The normalized spacial score (nSPS) is 16.5. The van der Waals surface area contributed by atoms with Gasteiger partial charge in [-0.3, -0.25) is 0 Å². The van der Waals surface area contributed by atoms with Gasteiger partial charge in [-0.05, 0) is 10.8 Å². The Morgan fingerprint density at radius 2 is 2.45 bits per heavy atom. The van der Waals surface area contributed by atoms with E-state index in [0.29, 0.717) is 6.61 Å². The number of aromatic nitrogens is 3. The molecule has 0 fully saturated rings. The van der Waals surface area contributed by atoms with E-state index in [1.807, 2.05) is 4.57 Å². The average molecular weight is 189 g/mol. The Hall–Kier alpha value is -0.200. The second-order valence-corrected chi connectivity index (χ2v) is 3.29. The predicted molar refractivity (Wildman–Crippen MR) is 44.5 cm³/mol. The minimum atomic E-state index is 0.571. The first-order valence-electron chi connectivity index (χ1n) is 3.23. The van der Waals surface area contributed by atoms with Gasteiger partial charge in [0.25, 0.3) is 0 Å². The number of fused-ring (bicyclic) bond motifs is 1. The fourth-order valence-electron chi connectivity index (χ4n) is 1.04. The summed E-state index contributed by atoms with van der Waals surface area (Å²) in [5.41, 5.74) is 0. The first-order chi connectivity index (χ1) is 5.42. The lowest BCUT2D eigenvalue weighted by atomic mass is 10.5. The van der Waals surface area contributed by atoms with Crippen molar-refractivity contribution in [3.05, 3.63) is 5.82 Å². The highest BCUT2D eigenvalue weighted by atomic mass is 33.1. The molecule has 2 heterocycles. The minimum absolute atomic E-state index is 0.571. The van der Waals surface area contributed by atoms with Gasteiger partial charge in [-0.25, -0.2) is 0 Å². The maximum Gasteiger partial charge on any atom is 0.201 e. The molecule has 0 radical (unpaired) electrons. The van der Waals surface area contributed by atoms with Crippen molar-refractivity contribution in [2.24, 2.45) is 0 Å². The summed E-state index contributed by atoms with van der Waals surface area (Å²) >= 11 is 4.06. The second kappa shape index (κ2) is 3.04. The summed E-state index contributed by atoms with van der Waals surface area (Å²) in [5, 5.41) is 8.73. The molecule has 0 N–H and O–H groups in total. The van der Waals surface area contributed by atoms with E-state index in [1.54, 1.807) is 0 Å². The number of rotatable bonds is 1. The van der Waals surface area contributed by atoms with Crippen molar-refractivity contribution in [1.82, 2.24) is 14.8 Å². The summed E-state index contributed by atoms with van der Waals surface area (Å²) < 4.78 is 7.23. The van der Waals surface area contributed by atoms with Gasteiger partial charge in [0.1, 0.15) is 6.61 Å². The third-order valence-corrected chi connectivity index (χ3v) is 2.52. The monoisotopic (exact) mass is 189 g/mol. The molecule has 1 aliphatic heterocycles. The Kier molecular flexibility index (Phi) is 2.06. The Bertz CT molecular complexity index is 249. The third kappa shape index (κ3) is 1.25. The molecule has 6 heteroatoms. The van der Waals surface area contributed by atoms with Crippen molar-refractivity contribution in [2.45, 2.75) is 18.3 Å². The molecule has 0 spiro atoms. The number of thiol groups is 1. The average Bonchev–Trinajstić information content (AvgIpc) is 2.47. The van der Waals surface area contributed by atoms with E-state index in [0.717, 1.165) is 24.1 Å². The van der Waals surface area contributed by atoms with Gasteiger partial charge in [-0.15, -0.1) is 21.9 Å². The zero-order valence-corrected chi connectivity index (χ0v) is 7.44. The molecular formula is C5H7N3OS2. The predicted octanol–water partition coefficient (Wildman–Crippen LogP) is 0.745. The molecule has 0 amide bonds. The summed E-state index contributed by atoms with van der Waals surface area (Å²) in [6.07, 6.45) is 0. The van der Waals surface area contributed by atoms with Crippen LogP contribution in [0.25, 0.3) is 0 Å². The number of hydrogen-bond donors (Lipinski definition) is 1. The summed E-state index contributed by atoms with van der Waals surface area (Å²) in [5.74, 6) is 0.896. The van der Waals surface area contributed by atoms with Gasteiger partial charge in [0.15, 0.2) is 5.82 Å². The third-order valence-electron chi connectivity index (χ3n) is 1.57. The second-order valence-electron chi connectivity index (χ2n) is 2.19. The van der Waals surface area contributed by atoms with E-state index in [-0.39, 0.29) is 0 Å². The van der Waals surface area contributed by atoms with Gasteiger partial charge in [0, 0.05) is 6.54 Å². The van der Waals surface area contributed by atoms with E-state index in [1.165, 1.54) is 10.8 Å². The van der Waals surface area contributed by atoms with Gasteiger partial charge < -0.3 is 9.30 Å². The topological polar surface area (TPSA) is 39.9 Å². The van der Waals surface area contributed by atoms with Crippen LogP contribution >= 0.6 is 22.5 Å². The fourth-order valence-corrected chi connectivity index (χ4v) is 1.81. The van der Waals surface area contributed by atoms with Gasteiger partial charge in [-0.2, -0.15) is 0 Å². The number of hydrogen-bond acceptors (Lipinski definition) is 5. The quantitative estimate of drug-likeness (QED) is 0.522. The van der Waals surface area contributed by atoms with Crippen LogP contribution in [0.1, 0.15) is 5.82 Å². The van der Waals surface area contributed by atoms with Crippen LogP contribution < -0.4 is 0 Å². The Labute approximate surface area is 73.1 Å². The molecule has 2 rings (SSSR count). The fraction of sp³-hybridized carbons (Fsp3) is 0.600. The molecule has 4 nitrogen and oxygen atoms in total. The lowest BCUT2D eigenvalue weighted by Crippen LogP contribution is -2.17. The van der Waals surface area contributed by atoms with Crippen molar-refractivity contribution >= 4 is 22.5 Å². The van der Waals surface area contributed by atoms with Crippen LogP contribution in [-0.2, 0) is 17.9 Å². The van der Waals surface area contributed by atoms with E-state index in [2.05, 4.69) is 21.9 Å². The molecule has 1 aromatic rings. The maximum absolute atomic E-state index is 5.20. The van der Waals surface area contributed by atoms with Crippen molar-refractivity contribution in [2.75, 3.05) is 6.61 Å². The zero-order valence-electron chi connectivity index (χ0n) is 5.73. The molecule has 1 aliphatic rings. The molecule has 0 saturated carbocycles. The molecule has 11 heavy (non-hydrogen) atoms. The minimum Gasteiger partial charge on any atom is -0.372 e. The molecule has 60 valence electrons. The Morgan fingerprint density at radius 3 is 3.27 bits per heavy atom.